The molecule has 0 radical (unpaired) electrons. The van der Waals surface area contributed by atoms with E-state index in [1.807, 2.05) is 26.3 Å². The Bertz CT molecular complexity index is 200. The Hall–Kier alpha value is -0.730. The van der Waals surface area contributed by atoms with Crippen molar-refractivity contribution in [3.05, 3.63) is 0 Å². The van der Waals surface area contributed by atoms with Crippen LogP contribution in [0.3, 0.4) is 0 Å². The van der Waals surface area contributed by atoms with Crippen molar-refractivity contribution < 1.29 is 4.74 Å². The second-order valence-electron chi connectivity index (χ2n) is 2.38. The monoisotopic (exact) mass is 201 g/mol. The Balaban J connectivity index is 3.93. The van der Waals surface area contributed by atoms with Crippen LogP contribution >= 0.6 is 11.8 Å². The molecule has 0 aromatic heterocycles. The van der Waals surface area contributed by atoms with Gasteiger partial charge in [0.1, 0.15) is 0 Å². The molecule has 0 aliphatic heterocycles. The minimum atomic E-state index is 0.0863. The first-order valence-corrected chi connectivity index (χ1v) is 5.31. The smallest absolute Gasteiger partial charge is 0.183 e. The maximum Gasteiger partial charge on any atom is 0.183 e. The van der Waals surface area contributed by atoms with E-state index in [1.54, 1.807) is 0 Å². The minimum Gasteiger partial charge on any atom is -0.380 e. The summed E-state index contributed by atoms with van der Waals surface area (Å²) < 4.78 is 5.19. The van der Waals surface area contributed by atoms with E-state index in [2.05, 4.69) is 10.3 Å². The molecule has 0 aliphatic rings. The highest BCUT2D eigenvalue weighted by molar-refractivity contribution is 8.13. The van der Waals surface area contributed by atoms with Gasteiger partial charge >= 0.3 is 0 Å². The van der Waals surface area contributed by atoms with E-state index in [9.17, 15) is 0 Å². The van der Waals surface area contributed by atoms with Crippen LogP contribution in [0, 0.1) is 11.5 Å². The van der Waals surface area contributed by atoms with Crippen LogP contribution in [0.4, 0.5) is 0 Å². The van der Waals surface area contributed by atoms with Crippen molar-refractivity contribution in [1.29, 1.82) is 5.26 Å². The fourth-order valence-electron chi connectivity index (χ4n) is 0.710. The minimum absolute atomic E-state index is 0.0863. The Kier molecular flexibility index (Phi) is 7.45. The lowest BCUT2D eigenvalue weighted by Gasteiger charge is -2.07. The van der Waals surface area contributed by atoms with Gasteiger partial charge in [-0.2, -0.15) is 5.26 Å². The van der Waals surface area contributed by atoms with Gasteiger partial charge in [-0.3, -0.25) is 10.3 Å². The standard InChI is InChI=1S/C8H15N3OS/c1-4-12-5-7(2)11-8(13-3)10-6-9/h7H,4-5H2,1-3H3,(H,10,11). The zero-order chi connectivity index (χ0) is 10.1. The average Bonchev–Trinajstić information content (AvgIpc) is 2.14. The number of amidine groups is 1. The molecule has 0 amide bonds. The number of nitrogens with zero attached hydrogens (tertiary/aromatic N) is 2. The van der Waals surface area contributed by atoms with E-state index < -0.39 is 0 Å². The molecule has 0 bridgehead atoms. The maximum absolute atomic E-state index is 8.37. The topological polar surface area (TPSA) is 57.4 Å². The highest BCUT2D eigenvalue weighted by Crippen LogP contribution is 1.99. The van der Waals surface area contributed by atoms with Crippen LogP contribution in [0.5, 0.6) is 0 Å². The van der Waals surface area contributed by atoms with Gasteiger partial charge in [-0.25, -0.2) is 0 Å². The molecule has 1 atom stereocenters. The van der Waals surface area contributed by atoms with Crippen molar-refractivity contribution in [3.63, 3.8) is 0 Å². The summed E-state index contributed by atoms with van der Waals surface area (Å²) in [5, 5.41) is 11.5. The summed E-state index contributed by atoms with van der Waals surface area (Å²) in [5.74, 6) is 0. The quantitative estimate of drug-likeness (QED) is 0.321. The zero-order valence-corrected chi connectivity index (χ0v) is 9.02. The molecule has 0 spiro atoms. The van der Waals surface area contributed by atoms with Crippen LogP contribution in [-0.2, 0) is 4.74 Å². The summed E-state index contributed by atoms with van der Waals surface area (Å²) in [6.07, 6.45) is 3.71. The summed E-state index contributed by atoms with van der Waals surface area (Å²) in [6.45, 7) is 5.18. The fourth-order valence-corrected chi connectivity index (χ4v) is 1.14. The zero-order valence-electron chi connectivity index (χ0n) is 8.20. The molecule has 0 saturated carbocycles. The SMILES string of the molecule is CCOCC(C)N=C(NC#N)SC. The van der Waals surface area contributed by atoms with Crippen molar-refractivity contribution >= 4 is 16.9 Å². The first-order valence-electron chi connectivity index (χ1n) is 4.09. The lowest BCUT2D eigenvalue weighted by Crippen LogP contribution is -2.18. The second-order valence-corrected chi connectivity index (χ2v) is 3.18. The lowest BCUT2D eigenvalue weighted by atomic mass is 10.4. The molecule has 4 nitrogen and oxygen atoms in total. The predicted molar refractivity (Wildman–Crippen MR) is 55.7 cm³/mol. The lowest BCUT2D eigenvalue weighted by molar-refractivity contribution is 0.137. The third-order valence-electron chi connectivity index (χ3n) is 1.26. The van der Waals surface area contributed by atoms with E-state index in [4.69, 9.17) is 10.00 Å². The number of aliphatic imine (C=N–C) groups is 1. The van der Waals surface area contributed by atoms with Crippen molar-refractivity contribution in [2.45, 2.75) is 19.9 Å². The Labute approximate surface area is 83.4 Å². The normalized spacial score (nSPS) is 13.5. The first kappa shape index (κ1) is 12.3. The molecule has 1 unspecified atom stereocenters. The summed E-state index contributed by atoms with van der Waals surface area (Å²) in [7, 11) is 0. The second kappa shape index (κ2) is 7.90. The fraction of sp³-hybridized carbons (Fsp3) is 0.750. The summed E-state index contributed by atoms with van der Waals surface area (Å²) in [5.41, 5.74) is 0. The molecular formula is C8H15N3OS. The maximum atomic E-state index is 8.37. The van der Waals surface area contributed by atoms with Crippen molar-refractivity contribution in [2.75, 3.05) is 19.5 Å². The molecular weight excluding hydrogens is 186 g/mol. The molecule has 5 heteroatoms. The van der Waals surface area contributed by atoms with Gasteiger partial charge in [-0.05, 0) is 20.1 Å². The highest BCUT2D eigenvalue weighted by Gasteiger charge is 2.01. The molecule has 1 N–H and O–H groups in total. The van der Waals surface area contributed by atoms with E-state index in [-0.39, 0.29) is 6.04 Å². The average molecular weight is 201 g/mol. The van der Waals surface area contributed by atoms with Crippen molar-refractivity contribution in [2.24, 2.45) is 4.99 Å². The number of thioether (sulfide) groups is 1. The van der Waals surface area contributed by atoms with E-state index in [0.717, 1.165) is 0 Å². The van der Waals surface area contributed by atoms with Crippen LogP contribution in [0.2, 0.25) is 0 Å². The third-order valence-corrected chi connectivity index (χ3v) is 1.85. The van der Waals surface area contributed by atoms with Crippen LogP contribution < -0.4 is 5.32 Å². The van der Waals surface area contributed by atoms with E-state index in [1.165, 1.54) is 11.8 Å². The first-order chi connectivity index (χ1) is 6.24. The molecule has 0 rings (SSSR count). The number of hydrogen-bond acceptors (Lipinski definition) is 4. The van der Waals surface area contributed by atoms with Crippen LogP contribution in [0.1, 0.15) is 13.8 Å². The molecule has 0 aromatic rings. The number of ether oxygens (including phenoxy) is 1. The Morgan fingerprint density at radius 2 is 2.46 bits per heavy atom. The summed E-state index contributed by atoms with van der Waals surface area (Å²) >= 11 is 1.42. The Morgan fingerprint density at radius 1 is 1.77 bits per heavy atom. The summed E-state index contributed by atoms with van der Waals surface area (Å²) in [4.78, 5) is 4.24. The van der Waals surface area contributed by atoms with Crippen molar-refractivity contribution in [1.82, 2.24) is 5.32 Å². The van der Waals surface area contributed by atoms with Gasteiger partial charge in [-0.15, -0.1) is 0 Å². The molecule has 0 heterocycles. The number of hydrogen-bond donors (Lipinski definition) is 1. The highest BCUT2D eigenvalue weighted by atomic mass is 32.2. The van der Waals surface area contributed by atoms with Gasteiger partial charge < -0.3 is 4.74 Å². The molecule has 0 aliphatic carbocycles. The van der Waals surface area contributed by atoms with Gasteiger partial charge in [0.25, 0.3) is 0 Å². The number of nitriles is 1. The summed E-state index contributed by atoms with van der Waals surface area (Å²) in [6, 6.07) is 0.0863. The predicted octanol–water partition coefficient (Wildman–Crippen LogP) is 1.20. The van der Waals surface area contributed by atoms with Crippen molar-refractivity contribution in [3.8, 4) is 6.19 Å². The third kappa shape index (κ3) is 6.43. The number of nitrogens with one attached hydrogen (secondary N) is 1. The van der Waals surface area contributed by atoms with E-state index >= 15 is 0 Å². The van der Waals surface area contributed by atoms with Gasteiger partial charge in [0.05, 0.1) is 12.6 Å². The molecule has 0 aromatic carbocycles. The van der Waals surface area contributed by atoms with Gasteiger partial charge in [0.2, 0.25) is 0 Å². The molecule has 74 valence electrons. The molecule has 0 fully saturated rings. The molecule has 13 heavy (non-hydrogen) atoms. The van der Waals surface area contributed by atoms with Crippen LogP contribution in [0.15, 0.2) is 4.99 Å². The number of rotatable bonds is 4. The van der Waals surface area contributed by atoms with E-state index in [0.29, 0.717) is 18.4 Å². The largest absolute Gasteiger partial charge is 0.380 e. The Morgan fingerprint density at radius 3 is 2.92 bits per heavy atom. The van der Waals surface area contributed by atoms with Gasteiger partial charge in [-0.1, -0.05) is 11.8 Å². The van der Waals surface area contributed by atoms with Gasteiger partial charge in [0.15, 0.2) is 11.4 Å². The van der Waals surface area contributed by atoms with Gasteiger partial charge in [0, 0.05) is 6.61 Å². The molecule has 0 saturated heterocycles. The van der Waals surface area contributed by atoms with Crippen LogP contribution in [-0.4, -0.2) is 30.7 Å². The van der Waals surface area contributed by atoms with Crippen LogP contribution in [0.25, 0.3) is 0 Å².